The molecule has 0 saturated heterocycles. The average Bonchev–Trinajstić information content (AvgIpc) is 3.62. The first-order valence-corrected chi connectivity index (χ1v) is 12.6. The number of ether oxygens (including phenoxy) is 3. The lowest BCUT2D eigenvalue weighted by Crippen LogP contribution is -2.17. The molecule has 0 fully saturated rings. The van der Waals surface area contributed by atoms with Crippen molar-refractivity contribution >= 4 is 22.7 Å². The highest BCUT2D eigenvalue weighted by atomic mass is 16.7. The normalized spacial score (nSPS) is 15.4. The number of nitrogens with one attached hydrogen (secondary N) is 1. The number of anilines is 1. The van der Waals surface area contributed by atoms with E-state index in [-0.39, 0.29) is 6.42 Å². The fourth-order valence-electron chi connectivity index (χ4n) is 4.85. The summed E-state index contributed by atoms with van der Waals surface area (Å²) in [5, 5.41) is 18.4. The van der Waals surface area contributed by atoms with Crippen molar-refractivity contribution in [3.8, 4) is 5.75 Å². The number of carbonyl (C=O) groups is 1. The number of carboxylic acid groups (broad SMARTS) is 1. The van der Waals surface area contributed by atoms with Gasteiger partial charge >= 0.3 is 5.97 Å². The summed E-state index contributed by atoms with van der Waals surface area (Å²) in [5.74, 6) is 0.763. The van der Waals surface area contributed by atoms with Crippen LogP contribution in [0.5, 0.6) is 5.75 Å². The fraction of sp³-hybridized carbons (Fsp3) is 0.286. The van der Waals surface area contributed by atoms with Crippen molar-refractivity contribution in [2.75, 3.05) is 18.5 Å². The molecule has 1 atom stereocenters. The summed E-state index contributed by atoms with van der Waals surface area (Å²) in [6, 6.07) is 11.2. The van der Waals surface area contributed by atoms with Gasteiger partial charge in [0.1, 0.15) is 24.1 Å². The Balaban J connectivity index is 1.19. The minimum atomic E-state index is -0.940. The van der Waals surface area contributed by atoms with Crippen molar-refractivity contribution in [2.45, 2.75) is 38.0 Å². The van der Waals surface area contributed by atoms with E-state index in [1.165, 1.54) is 18.1 Å². The third-order valence-corrected chi connectivity index (χ3v) is 6.71. The molecule has 0 radical (unpaired) electrons. The second kappa shape index (κ2) is 10.4. The van der Waals surface area contributed by atoms with Crippen LogP contribution < -0.4 is 10.1 Å². The molecule has 0 spiro atoms. The van der Waals surface area contributed by atoms with Gasteiger partial charge in [0.2, 0.25) is 0 Å². The molecular formula is C28H27N5O5. The van der Waals surface area contributed by atoms with E-state index < -0.39 is 18.3 Å². The van der Waals surface area contributed by atoms with Crippen LogP contribution in [-0.2, 0) is 27.1 Å². The summed E-state index contributed by atoms with van der Waals surface area (Å²) >= 11 is 0. The lowest BCUT2D eigenvalue weighted by Gasteiger charge is -2.19. The van der Waals surface area contributed by atoms with Gasteiger partial charge < -0.3 is 24.6 Å². The number of pyridine rings is 2. The number of aryl methyl sites for hydroxylation is 1. The summed E-state index contributed by atoms with van der Waals surface area (Å²) in [6.45, 7) is 1.45. The number of nitrogens with zero attached hydrogens (tertiary/aromatic N) is 4. The van der Waals surface area contributed by atoms with Crippen LogP contribution in [0.2, 0.25) is 0 Å². The number of carboxylic acids is 1. The van der Waals surface area contributed by atoms with Crippen LogP contribution in [0.4, 0.5) is 5.82 Å². The summed E-state index contributed by atoms with van der Waals surface area (Å²) in [5.41, 5.74) is 4.44. The van der Waals surface area contributed by atoms with Gasteiger partial charge in [-0.3, -0.25) is 14.5 Å². The van der Waals surface area contributed by atoms with E-state index in [0.29, 0.717) is 24.2 Å². The Kier molecular flexibility index (Phi) is 6.51. The van der Waals surface area contributed by atoms with Gasteiger partial charge in [-0.1, -0.05) is 6.07 Å². The van der Waals surface area contributed by atoms with E-state index in [2.05, 4.69) is 27.5 Å². The number of fused-ring (bicyclic) bond motifs is 2. The topological polar surface area (TPSA) is 121 Å². The molecule has 2 N–H and O–H groups in total. The SMILES string of the molecule is O=C(O)CC(c1cncc(C2OC=CO2)c1)n1ncc2cc(OCCc3ccc4c(n3)NCCC4)ccc21. The molecule has 6 rings (SSSR count). The first-order valence-electron chi connectivity index (χ1n) is 12.6. The zero-order valence-corrected chi connectivity index (χ0v) is 20.6. The number of rotatable bonds is 9. The molecule has 0 bridgehead atoms. The molecular weight excluding hydrogens is 486 g/mol. The molecule has 10 nitrogen and oxygen atoms in total. The van der Waals surface area contributed by atoms with Crippen molar-refractivity contribution in [3.05, 3.63) is 89.9 Å². The van der Waals surface area contributed by atoms with Gasteiger partial charge in [-0.05, 0) is 54.3 Å². The van der Waals surface area contributed by atoms with Crippen molar-refractivity contribution < 1.29 is 24.1 Å². The van der Waals surface area contributed by atoms with Crippen molar-refractivity contribution in [1.82, 2.24) is 19.7 Å². The van der Waals surface area contributed by atoms with Crippen LogP contribution in [0.1, 0.15) is 47.6 Å². The largest absolute Gasteiger partial charge is 0.493 e. The first kappa shape index (κ1) is 23.8. The van der Waals surface area contributed by atoms with E-state index >= 15 is 0 Å². The van der Waals surface area contributed by atoms with E-state index in [4.69, 9.17) is 19.2 Å². The summed E-state index contributed by atoms with van der Waals surface area (Å²) in [4.78, 5) is 20.8. The number of aliphatic carboxylic acids is 1. The predicted molar refractivity (Wildman–Crippen MR) is 139 cm³/mol. The Labute approximate surface area is 218 Å². The van der Waals surface area contributed by atoms with Crippen LogP contribution in [0.3, 0.4) is 0 Å². The highest BCUT2D eigenvalue weighted by Crippen LogP contribution is 2.31. The molecule has 5 heterocycles. The summed E-state index contributed by atoms with van der Waals surface area (Å²) < 4.78 is 18.6. The maximum absolute atomic E-state index is 11.8. The van der Waals surface area contributed by atoms with E-state index in [1.54, 1.807) is 23.3 Å². The van der Waals surface area contributed by atoms with Crippen LogP contribution >= 0.6 is 0 Å². The second-order valence-electron chi connectivity index (χ2n) is 9.29. The highest BCUT2D eigenvalue weighted by Gasteiger charge is 2.24. The molecule has 38 heavy (non-hydrogen) atoms. The maximum Gasteiger partial charge on any atom is 0.305 e. The number of aromatic nitrogens is 4. The molecule has 2 aliphatic heterocycles. The molecule has 4 aromatic rings. The van der Waals surface area contributed by atoms with Crippen LogP contribution in [0, 0.1) is 0 Å². The average molecular weight is 514 g/mol. The van der Waals surface area contributed by atoms with Crippen LogP contribution in [-0.4, -0.2) is 44.0 Å². The molecule has 194 valence electrons. The van der Waals surface area contributed by atoms with Gasteiger partial charge in [0.25, 0.3) is 6.29 Å². The summed E-state index contributed by atoms with van der Waals surface area (Å²) in [6.07, 6.45) is 10.1. The Bertz CT molecular complexity index is 1490. The van der Waals surface area contributed by atoms with Gasteiger partial charge in [-0.2, -0.15) is 5.10 Å². The van der Waals surface area contributed by atoms with Crippen molar-refractivity contribution in [3.63, 3.8) is 0 Å². The standard InChI is InChI=1S/C28H27N5O5/c34-26(35)14-25(19-12-21(16-29-15-19)28-37-10-11-38-28)33-24-6-5-23(13-20(24)17-31-33)36-9-7-22-4-3-18-2-1-8-30-27(18)32-22/h3-6,10-13,15-17,25,28H,1-2,7-9,14H2,(H,30,32)(H,34,35). The number of hydrogen-bond acceptors (Lipinski definition) is 8. The quantitative estimate of drug-likeness (QED) is 0.336. The molecule has 1 aromatic carbocycles. The van der Waals surface area contributed by atoms with Gasteiger partial charge in [-0.15, -0.1) is 0 Å². The molecule has 2 aliphatic rings. The fourth-order valence-corrected chi connectivity index (χ4v) is 4.85. The molecule has 3 aromatic heterocycles. The monoisotopic (exact) mass is 513 g/mol. The lowest BCUT2D eigenvalue weighted by molar-refractivity contribution is -0.137. The molecule has 0 amide bonds. The van der Waals surface area contributed by atoms with Gasteiger partial charge in [0.05, 0.1) is 36.3 Å². The van der Waals surface area contributed by atoms with E-state index in [1.807, 2.05) is 24.3 Å². The highest BCUT2D eigenvalue weighted by molar-refractivity contribution is 5.81. The maximum atomic E-state index is 11.8. The van der Waals surface area contributed by atoms with Crippen LogP contribution in [0.25, 0.3) is 10.9 Å². The Hall–Kier alpha value is -4.60. The smallest absolute Gasteiger partial charge is 0.305 e. The minimum absolute atomic E-state index is 0.159. The van der Waals surface area contributed by atoms with Gasteiger partial charge in [-0.25, -0.2) is 4.98 Å². The molecule has 10 heteroatoms. The number of hydrogen-bond donors (Lipinski definition) is 2. The Morgan fingerprint density at radius 2 is 2.05 bits per heavy atom. The molecule has 1 unspecified atom stereocenters. The van der Waals surface area contributed by atoms with E-state index in [0.717, 1.165) is 47.6 Å². The van der Waals surface area contributed by atoms with Crippen molar-refractivity contribution in [2.24, 2.45) is 0 Å². The van der Waals surface area contributed by atoms with Crippen molar-refractivity contribution in [1.29, 1.82) is 0 Å². The summed E-state index contributed by atoms with van der Waals surface area (Å²) in [7, 11) is 0. The van der Waals surface area contributed by atoms with E-state index in [9.17, 15) is 9.90 Å². The minimum Gasteiger partial charge on any atom is -0.493 e. The van der Waals surface area contributed by atoms with Crippen LogP contribution in [0.15, 0.2) is 67.5 Å². The van der Waals surface area contributed by atoms with Gasteiger partial charge in [0.15, 0.2) is 0 Å². The lowest BCUT2D eigenvalue weighted by atomic mass is 10.0. The number of benzene rings is 1. The third kappa shape index (κ3) is 4.97. The third-order valence-electron chi connectivity index (χ3n) is 6.71. The second-order valence-corrected chi connectivity index (χ2v) is 9.29. The first-order chi connectivity index (χ1) is 18.6. The Morgan fingerprint density at radius 3 is 2.92 bits per heavy atom. The zero-order chi connectivity index (χ0) is 25.9. The Morgan fingerprint density at radius 1 is 1.16 bits per heavy atom. The molecule has 0 aliphatic carbocycles. The van der Waals surface area contributed by atoms with Gasteiger partial charge in [0, 0.05) is 36.4 Å². The molecule has 0 saturated carbocycles. The zero-order valence-electron chi connectivity index (χ0n) is 20.6. The predicted octanol–water partition coefficient (Wildman–Crippen LogP) is 4.39.